The van der Waals surface area contributed by atoms with Gasteiger partial charge in [-0.2, -0.15) is 4.98 Å². The van der Waals surface area contributed by atoms with Gasteiger partial charge in [0.15, 0.2) is 0 Å². The van der Waals surface area contributed by atoms with Crippen LogP contribution >= 0.6 is 0 Å². The first-order valence-corrected chi connectivity index (χ1v) is 7.97. The van der Waals surface area contributed by atoms with E-state index in [-0.39, 0.29) is 6.10 Å². The van der Waals surface area contributed by atoms with Crippen molar-refractivity contribution >= 4 is 29.1 Å². The molecule has 2 aromatic rings. The molecule has 1 aromatic heterocycles. The number of nitrogens with zero attached hydrogens (tertiary/aromatic N) is 3. The van der Waals surface area contributed by atoms with E-state index in [1.54, 1.807) is 0 Å². The molecule has 1 fully saturated rings. The largest absolute Gasteiger partial charge is 0.465 e. The van der Waals surface area contributed by atoms with Crippen LogP contribution in [0.1, 0.15) is 25.7 Å². The maximum atomic E-state index is 10.4. The van der Waals surface area contributed by atoms with Gasteiger partial charge in [0.25, 0.3) is 6.47 Å². The molecule has 6 heteroatoms. The highest BCUT2D eigenvalue weighted by Gasteiger charge is 2.22. The molecule has 1 aromatic carbocycles. The molecule has 23 heavy (non-hydrogen) atoms. The summed E-state index contributed by atoms with van der Waals surface area (Å²) in [5.74, 6) is 1.57. The third-order valence-corrected chi connectivity index (χ3v) is 4.26. The number of carbonyl (C=O) groups excluding carboxylic acids is 1. The molecule has 0 amide bonds. The van der Waals surface area contributed by atoms with Crippen LogP contribution < -0.4 is 10.2 Å². The summed E-state index contributed by atoms with van der Waals surface area (Å²) in [6.07, 6.45) is 3.72. The number of aromatic nitrogens is 2. The standard InChI is InChI=1S/C17H22N4O2/c1-21(2)16-14-5-3-4-6-15(14)19-17(20-16)18-12-7-9-13(10-8-12)23-11-22/h3-6,11-13H,7-10H2,1-2H3,(H,18,19,20). The van der Waals surface area contributed by atoms with Gasteiger partial charge in [0, 0.05) is 25.5 Å². The molecule has 0 atom stereocenters. The number of rotatable bonds is 5. The molecule has 1 aliphatic carbocycles. The number of hydrogen-bond donors (Lipinski definition) is 1. The van der Waals surface area contributed by atoms with Crippen molar-refractivity contribution in [1.29, 1.82) is 0 Å². The lowest BCUT2D eigenvalue weighted by Gasteiger charge is -2.28. The second kappa shape index (κ2) is 6.81. The van der Waals surface area contributed by atoms with Gasteiger partial charge in [-0.3, -0.25) is 4.79 Å². The van der Waals surface area contributed by atoms with E-state index in [0.717, 1.165) is 42.4 Å². The monoisotopic (exact) mass is 314 g/mol. The first-order valence-electron chi connectivity index (χ1n) is 7.97. The number of para-hydroxylation sites is 1. The molecule has 1 saturated carbocycles. The number of fused-ring (bicyclic) bond motifs is 1. The summed E-state index contributed by atoms with van der Waals surface area (Å²) in [6, 6.07) is 8.35. The Labute approximate surface area is 135 Å². The number of anilines is 2. The van der Waals surface area contributed by atoms with E-state index >= 15 is 0 Å². The number of hydrogen-bond acceptors (Lipinski definition) is 6. The van der Waals surface area contributed by atoms with Crippen LogP contribution in [-0.2, 0) is 9.53 Å². The van der Waals surface area contributed by atoms with Crippen molar-refractivity contribution < 1.29 is 9.53 Å². The maximum Gasteiger partial charge on any atom is 0.293 e. The van der Waals surface area contributed by atoms with Crippen LogP contribution in [0, 0.1) is 0 Å². The molecular formula is C17H22N4O2. The molecule has 3 rings (SSSR count). The highest BCUT2D eigenvalue weighted by atomic mass is 16.5. The molecule has 122 valence electrons. The third-order valence-electron chi connectivity index (χ3n) is 4.26. The van der Waals surface area contributed by atoms with Gasteiger partial charge in [0.1, 0.15) is 11.9 Å². The van der Waals surface area contributed by atoms with Crippen molar-refractivity contribution in [2.24, 2.45) is 0 Å². The summed E-state index contributed by atoms with van der Waals surface area (Å²) in [4.78, 5) is 21.7. The van der Waals surface area contributed by atoms with Crippen LogP contribution in [0.15, 0.2) is 24.3 Å². The minimum Gasteiger partial charge on any atom is -0.465 e. The second-order valence-corrected chi connectivity index (χ2v) is 6.13. The summed E-state index contributed by atoms with van der Waals surface area (Å²) in [7, 11) is 3.97. The molecule has 0 spiro atoms. The summed E-state index contributed by atoms with van der Waals surface area (Å²) < 4.78 is 5.04. The second-order valence-electron chi connectivity index (χ2n) is 6.13. The molecule has 6 nitrogen and oxygen atoms in total. The van der Waals surface area contributed by atoms with Crippen LogP contribution in [0.4, 0.5) is 11.8 Å². The topological polar surface area (TPSA) is 67.3 Å². The Morgan fingerprint density at radius 1 is 1.17 bits per heavy atom. The molecule has 0 radical (unpaired) electrons. The highest BCUT2D eigenvalue weighted by molar-refractivity contribution is 5.90. The fourth-order valence-electron chi connectivity index (χ4n) is 3.07. The Bertz CT molecular complexity index is 681. The quantitative estimate of drug-likeness (QED) is 0.856. The molecule has 1 aliphatic rings. The normalized spacial score (nSPS) is 21.0. The molecule has 0 unspecified atom stereocenters. The summed E-state index contributed by atoms with van der Waals surface area (Å²) in [5, 5.41) is 4.49. The van der Waals surface area contributed by atoms with Gasteiger partial charge in [-0.15, -0.1) is 0 Å². The zero-order chi connectivity index (χ0) is 16.2. The lowest BCUT2D eigenvalue weighted by Crippen LogP contribution is -2.30. The molecule has 0 bridgehead atoms. The predicted octanol–water partition coefficient (Wildman–Crippen LogP) is 2.59. The van der Waals surface area contributed by atoms with Gasteiger partial charge >= 0.3 is 0 Å². The molecule has 1 heterocycles. The van der Waals surface area contributed by atoms with Gasteiger partial charge in [0.05, 0.1) is 5.52 Å². The summed E-state index contributed by atoms with van der Waals surface area (Å²) in [5.41, 5.74) is 0.937. The van der Waals surface area contributed by atoms with Gasteiger partial charge in [-0.25, -0.2) is 4.98 Å². The zero-order valence-electron chi connectivity index (χ0n) is 13.5. The van der Waals surface area contributed by atoms with Crippen LogP contribution in [0.3, 0.4) is 0 Å². The van der Waals surface area contributed by atoms with E-state index in [1.807, 2.05) is 43.3 Å². The van der Waals surface area contributed by atoms with Crippen molar-refractivity contribution in [1.82, 2.24) is 9.97 Å². The fraction of sp³-hybridized carbons (Fsp3) is 0.471. The Morgan fingerprint density at radius 3 is 2.61 bits per heavy atom. The van der Waals surface area contributed by atoms with Crippen LogP contribution in [0.5, 0.6) is 0 Å². The van der Waals surface area contributed by atoms with E-state index in [4.69, 9.17) is 4.74 Å². The van der Waals surface area contributed by atoms with Gasteiger partial charge in [-0.05, 0) is 37.8 Å². The Balaban J connectivity index is 1.77. The fourth-order valence-corrected chi connectivity index (χ4v) is 3.07. The van der Waals surface area contributed by atoms with E-state index in [1.165, 1.54) is 0 Å². The van der Waals surface area contributed by atoms with Gasteiger partial charge in [-0.1, -0.05) is 12.1 Å². The maximum absolute atomic E-state index is 10.4. The Hall–Kier alpha value is -2.37. The first-order chi connectivity index (χ1) is 11.2. The van der Waals surface area contributed by atoms with E-state index in [2.05, 4.69) is 15.3 Å². The smallest absolute Gasteiger partial charge is 0.293 e. The van der Waals surface area contributed by atoms with E-state index in [0.29, 0.717) is 18.5 Å². The van der Waals surface area contributed by atoms with Crippen molar-refractivity contribution in [2.45, 2.75) is 37.8 Å². The predicted molar refractivity (Wildman–Crippen MR) is 90.7 cm³/mol. The lowest BCUT2D eigenvalue weighted by molar-refractivity contribution is -0.134. The SMILES string of the molecule is CN(C)c1nc(NC2CCC(OC=O)CC2)nc2ccccc12. The van der Waals surface area contributed by atoms with E-state index in [9.17, 15) is 4.79 Å². The Kier molecular flexibility index (Phi) is 4.60. The van der Waals surface area contributed by atoms with Crippen molar-refractivity contribution in [2.75, 3.05) is 24.3 Å². The van der Waals surface area contributed by atoms with Crippen LogP contribution in [-0.4, -0.2) is 42.7 Å². The van der Waals surface area contributed by atoms with Crippen molar-refractivity contribution in [3.63, 3.8) is 0 Å². The average molecular weight is 314 g/mol. The number of ether oxygens (including phenoxy) is 1. The minimum absolute atomic E-state index is 0.0559. The van der Waals surface area contributed by atoms with Crippen molar-refractivity contribution in [3.8, 4) is 0 Å². The number of nitrogens with one attached hydrogen (secondary N) is 1. The highest BCUT2D eigenvalue weighted by Crippen LogP contribution is 2.26. The molecule has 0 saturated heterocycles. The summed E-state index contributed by atoms with van der Waals surface area (Å²) in [6.45, 7) is 0.550. The summed E-state index contributed by atoms with van der Waals surface area (Å²) >= 11 is 0. The van der Waals surface area contributed by atoms with Gasteiger partial charge in [0.2, 0.25) is 5.95 Å². The number of benzene rings is 1. The minimum atomic E-state index is 0.0559. The molecule has 1 N–H and O–H groups in total. The van der Waals surface area contributed by atoms with Crippen LogP contribution in [0.2, 0.25) is 0 Å². The van der Waals surface area contributed by atoms with Crippen LogP contribution in [0.25, 0.3) is 10.9 Å². The van der Waals surface area contributed by atoms with E-state index < -0.39 is 0 Å². The average Bonchev–Trinajstić information content (AvgIpc) is 2.56. The first kappa shape index (κ1) is 15.5. The number of carbonyl (C=O) groups is 1. The molecule has 0 aliphatic heterocycles. The zero-order valence-corrected chi connectivity index (χ0v) is 13.5. The lowest BCUT2D eigenvalue weighted by atomic mass is 9.93. The van der Waals surface area contributed by atoms with Gasteiger partial charge < -0.3 is 15.0 Å². The third kappa shape index (κ3) is 3.52. The molecular weight excluding hydrogens is 292 g/mol. The van der Waals surface area contributed by atoms with Crippen molar-refractivity contribution in [3.05, 3.63) is 24.3 Å². The Morgan fingerprint density at radius 2 is 1.91 bits per heavy atom.